The second kappa shape index (κ2) is 8.51. The molecule has 7 nitrogen and oxygen atoms in total. The van der Waals surface area contributed by atoms with E-state index in [2.05, 4.69) is 9.62 Å². The van der Waals surface area contributed by atoms with Crippen LogP contribution in [0.3, 0.4) is 0 Å². The largest absolute Gasteiger partial charge is 0.497 e. The van der Waals surface area contributed by atoms with Gasteiger partial charge in [-0.3, -0.25) is 9.52 Å². The highest BCUT2D eigenvalue weighted by Gasteiger charge is 2.42. The normalized spacial score (nSPS) is 18.3. The van der Waals surface area contributed by atoms with Crippen LogP contribution in [0.5, 0.6) is 11.5 Å². The first-order valence-electron chi connectivity index (χ1n) is 10.5. The number of para-hydroxylation sites is 1. The van der Waals surface area contributed by atoms with E-state index in [-0.39, 0.29) is 5.78 Å². The molecule has 0 saturated carbocycles. The molecule has 0 amide bonds. The van der Waals surface area contributed by atoms with Gasteiger partial charge in [-0.1, -0.05) is 18.2 Å². The predicted octanol–water partition coefficient (Wildman–Crippen LogP) is 3.11. The van der Waals surface area contributed by atoms with E-state index >= 15 is 0 Å². The Morgan fingerprint density at radius 2 is 1.90 bits per heavy atom. The molecule has 0 aromatic heterocycles. The Morgan fingerprint density at radius 1 is 1.16 bits per heavy atom. The van der Waals surface area contributed by atoms with Crippen LogP contribution in [0.15, 0.2) is 42.5 Å². The average Bonchev–Trinajstić information content (AvgIpc) is 2.73. The number of benzene rings is 2. The quantitative estimate of drug-likeness (QED) is 0.737. The summed E-state index contributed by atoms with van der Waals surface area (Å²) in [5.74, 6) is 1.41. The van der Waals surface area contributed by atoms with Crippen molar-refractivity contribution >= 4 is 21.5 Å². The fourth-order valence-corrected chi connectivity index (χ4v) is 4.98. The van der Waals surface area contributed by atoms with E-state index in [1.807, 2.05) is 30.3 Å². The molecule has 1 spiro atoms. The molecule has 1 fully saturated rings. The van der Waals surface area contributed by atoms with Gasteiger partial charge in [0.05, 0.1) is 31.0 Å². The molecule has 2 aliphatic heterocycles. The molecule has 2 aliphatic rings. The van der Waals surface area contributed by atoms with E-state index in [0.717, 1.165) is 50.7 Å². The second-order valence-corrected chi connectivity index (χ2v) is 10.1. The Hall–Kier alpha value is -2.58. The minimum absolute atomic E-state index is 0.106. The number of nitrogens with one attached hydrogen (secondary N) is 1. The molecule has 1 N–H and O–H groups in total. The van der Waals surface area contributed by atoms with Crippen molar-refractivity contribution in [3.8, 4) is 11.5 Å². The van der Waals surface area contributed by atoms with Gasteiger partial charge in [-0.25, -0.2) is 8.42 Å². The van der Waals surface area contributed by atoms with E-state index < -0.39 is 15.6 Å². The van der Waals surface area contributed by atoms with Gasteiger partial charge in [-0.2, -0.15) is 0 Å². The molecule has 0 radical (unpaired) electrons. The molecule has 2 aromatic carbocycles. The van der Waals surface area contributed by atoms with Crippen molar-refractivity contribution in [2.24, 2.45) is 0 Å². The molecule has 0 atom stereocenters. The maximum absolute atomic E-state index is 12.8. The number of carbonyl (C=O) groups is 1. The topological polar surface area (TPSA) is 84.9 Å². The van der Waals surface area contributed by atoms with E-state index in [1.54, 1.807) is 19.2 Å². The van der Waals surface area contributed by atoms with Gasteiger partial charge < -0.3 is 14.4 Å². The number of methoxy groups -OCH3 is 1. The van der Waals surface area contributed by atoms with Crippen LogP contribution in [0, 0.1) is 0 Å². The Labute approximate surface area is 183 Å². The number of piperidine rings is 1. The molecule has 8 heteroatoms. The highest BCUT2D eigenvalue weighted by Crippen LogP contribution is 2.40. The van der Waals surface area contributed by atoms with Gasteiger partial charge in [0.2, 0.25) is 10.0 Å². The lowest BCUT2D eigenvalue weighted by Crippen LogP contribution is -2.51. The maximum atomic E-state index is 12.8. The molecule has 0 bridgehead atoms. The maximum Gasteiger partial charge on any atom is 0.229 e. The number of Topliss-reactive ketones (excluding diaryl/α,β-unsaturated/α-hetero) is 1. The number of carbonyl (C=O) groups excluding carboxylic acids is 1. The number of fused-ring (bicyclic) bond motifs is 1. The van der Waals surface area contributed by atoms with Crippen molar-refractivity contribution in [2.45, 2.75) is 31.3 Å². The third kappa shape index (κ3) is 5.02. The van der Waals surface area contributed by atoms with Gasteiger partial charge in [0.15, 0.2) is 5.78 Å². The Balaban J connectivity index is 1.37. The lowest BCUT2D eigenvalue weighted by atomic mass is 9.82. The van der Waals surface area contributed by atoms with Gasteiger partial charge >= 0.3 is 0 Å². The number of hydrogen-bond donors (Lipinski definition) is 1. The molecule has 2 heterocycles. The number of ketones is 1. The zero-order chi connectivity index (χ0) is 22.1. The fourth-order valence-electron chi connectivity index (χ4n) is 4.38. The highest BCUT2D eigenvalue weighted by molar-refractivity contribution is 7.92. The number of rotatable bonds is 6. The minimum Gasteiger partial charge on any atom is -0.497 e. The summed E-state index contributed by atoms with van der Waals surface area (Å²) in [5, 5.41) is 0. The summed E-state index contributed by atoms with van der Waals surface area (Å²) in [5.41, 5.74) is 1.76. The second-order valence-electron chi connectivity index (χ2n) is 8.37. The molecule has 4 rings (SSSR count). The summed E-state index contributed by atoms with van der Waals surface area (Å²) in [4.78, 5) is 15.1. The third-order valence-corrected chi connectivity index (χ3v) is 6.66. The number of hydrogen-bond acceptors (Lipinski definition) is 6. The van der Waals surface area contributed by atoms with Gasteiger partial charge in [0.25, 0.3) is 0 Å². The summed E-state index contributed by atoms with van der Waals surface area (Å²) in [6, 6.07) is 12.9. The number of nitrogens with zero attached hydrogens (tertiary/aromatic N) is 1. The Bertz CT molecular complexity index is 1080. The van der Waals surface area contributed by atoms with Crippen molar-refractivity contribution in [1.29, 1.82) is 0 Å². The molecular weight excluding hydrogens is 416 g/mol. The van der Waals surface area contributed by atoms with Crippen molar-refractivity contribution in [3.05, 3.63) is 53.6 Å². The van der Waals surface area contributed by atoms with Crippen LogP contribution >= 0.6 is 0 Å². The summed E-state index contributed by atoms with van der Waals surface area (Å²) in [7, 11) is -1.73. The van der Waals surface area contributed by atoms with Gasteiger partial charge in [-0.05, 0) is 36.2 Å². The van der Waals surface area contributed by atoms with Crippen LogP contribution in [0.4, 0.5) is 5.69 Å². The molecule has 1 saturated heterocycles. The SMILES string of the molecule is COc1ccc2c(c1)C(=O)CC1(CCN(CCc3ccccc3NS(C)(=O)=O)CC1)O2. The average molecular weight is 445 g/mol. The van der Waals surface area contributed by atoms with E-state index in [9.17, 15) is 13.2 Å². The Morgan fingerprint density at radius 3 is 2.61 bits per heavy atom. The number of ether oxygens (including phenoxy) is 2. The van der Waals surface area contributed by atoms with Crippen LogP contribution in [0.1, 0.15) is 35.2 Å². The minimum atomic E-state index is -3.32. The smallest absolute Gasteiger partial charge is 0.229 e. The first-order chi connectivity index (χ1) is 14.8. The van der Waals surface area contributed by atoms with Gasteiger partial charge in [-0.15, -0.1) is 0 Å². The first kappa shape index (κ1) is 21.6. The van der Waals surface area contributed by atoms with Crippen LogP contribution in [0.25, 0.3) is 0 Å². The molecule has 0 aliphatic carbocycles. The summed E-state index contributed by atoms with van der Waals surface area (Å²) < 4.78 is 37.4. The van der Waals surface area contributed by atoms with Crippen LogP contribution in [-0.4, -0.2) is 57.7 Å². The van der Waals surface area contributed by atoms with Crippen molar-refractivity contribution in [3.63, 3.8) is 0 Å². The molecule has 31 heavy (non-hydrogen) atoms. The summed E-state index contributed by atoms with van der Waals surface area (Å²) in [6.45, 7) is 2.49. The Kier molecular flexibility index (Phi) is 5.94. The summed E-state index contributed by atoms with van der Waals surface area (Å²) in [6.07, 6.45) is 3.87. The number of likely N-dealkylation sites (tertiary alicyclic amines) is 1. The lowest BCUT2D eigenvalue weighted by molar-refractivity contribution is -0.00872. The van der Waals surface area contributed by atoms with Crippen molar-refractivity contribution < 1.29 is 22.7 Å². The van der Waals surface area contributed by atoms with Crippen LogP contribution in [0.2, 0.25) is 0 Å². The number of anilines is 1. The van der Waals surface area contributed by atoms with Gasteiger partial charge in [0.1, 0.15) is 17.1 Å². The molecular formula is C23H28N2O5S. The monoisotopic (exact) mass is 444 g/mol. The zero-order valence-corrected chi connectivity index (χ0v) is 18.7. The van der Waals surface area contributed by atoms with Crippen LogP contribution < -0.4 is 14.2 Å². The molecule has 0 unspecified atom stereocenters. The fraction of sp³-hybridized carbons (Fsp3) is 0.435. The number of sulfonamides is 1. The predicted molar refractivity (Wildman–Crippen MR) is 120 cm³/mol. The lowest BCUT2D eigenvalue weighted by Gasteiger charge is -2.44. The van der Waals surface area contributed by atoms with Crippen LogP contribution in [-0.2, 0) is 16.4 Å². The molecule has 2 aromatic rings. The summed E-state index contributed by atoms with van der Waals surface area (Å²) >= 11 is 0. The third-order valence-electron chi connectivity index (χ3n) is 6.07. The van der Waals surface area contributed by atoms with Crippen molar-refractivity contribution in [2.75, 3.05) is 37.7 Å². The van der Waals surface area contributed by atoms with Gasteiger partial charge in [0, 0.05) is 32.5 Å². The van der Waals surface area contributed by atoms with E-state index in [0.29, 0.717) is 29.2 Å². The van der Waals surface area contributed by atoms with E-state index in [4.69, 9.17) is 9.47 Å². The first-order valence-corrected chi connectivity index (χ1v) is 12.3. The van der Waals surface area contributed by atoms with E-state index in [1.165, 1.54) is 0 Å². The molecule has 166 valence electrons. The highest BCUT2D eigenvalue weighted by atomic mass is 32.2. The standard InChI is InChI=1S/C23H28N2O5S/c1-29-18-7-8-22-19(15-18)21(26)16-23(30-22)10-13-25(14-11-23)12-9-17-5-3-4-6-20(17)24-31(2,27)28/h3-8,15,24H,9-14,16H2,1-2H3. The van der Waals surface area contributed by atoms with Crippen molar-refractivity contribution in [1.82, 2.24) is 4.90 Å². The zero-order valence-electron chi connectivity index (χ0n) is 17.9.